The van der Waals surface area contributed by atoms with E-state index in [0.717, 1.165) is 31.7 Å². The molecule has 0 amide bonds. The van der Waals surface area contributed by atoms with Crippen LogP contribution in [0.25, 0.3) is 5.69 Å². The normalized spacial score (nSPS) is 23.7. The van der Waals surface area contributed by atoms with Crippen molar-refractivity contribution in [2.75, 3.05) is 24.6 Å². The highest BCUT2D eigenvalue weighted by Crippen LogP contribution is 2.42. The maximum absolute atomic E-state index is 13.2. The van der Waals surface area contributed by atoms with Gasteiger partial charge in [0.1, 0.15) is 11.6 Å². The molecule has 0 bridgehead atoms. The molecule has 1 spiro atoms. The molecule has 6 nitrogen and oxygen atoms in total. The molecule has 2 saturated heterocycles. The van der Waals surface area contributed by atoms with Crippen LogP contribution in [-0.4, -0.2) is 41.4 Å². The van der Waals surface area contributed by atoms with Gasteiger partial charge in [0.2, 0.25) is 0 Å². The van der Waals surface area contributed by atoms with Gasteiger partial charge in [0.05, 0.1) is 34.0 Å². The average Bonchev–Trinajstić information content (AvgIpc) is 2.97. The molecule has 2 aliphatic heterocycles. The van der Waals surface area contributed by atoms with E-state index in [9.17, 15) is 4.79 Å². The van der Waals surface area contributed by atoms with E-state index in [1.165, 1.54) is 4.57 Å². The van der Waals surface area contributed by atoms with Gasteiger partial charge in [0.25, 0.3) is 5.56 Å². The number of aromatic nitrogens is 2. The Morgan fingerprint density at radius 1 is 1.24 bits per heavy atom. The van der Waals surface area contributed by atoms with Gasteiger partial charge in [0.15, 0.2) is 0 Å². The van der Waals surface area contributed by atoms with Gasteiger partial charge in [-0.3, -0.25) is 9.36 Å². The number of piperidine rings is 1. The first-order valence-corrected chi connectivity index (χ1v) is 10.7. The molecule has 2 atom stereocenters. The first kappa shape index (κ1) is 20.7. The maximum Gasteiger partial charge on any atom is 0.263 e. The molecule has 2 aromatic rings. The molecule has 3 heterocycles. The largest absolute Gasteiger partial charge is 0.376 e. The van der Waals surface area contributed by atoms with Crippen molar-refractivity contribution < 1.29 is 4.74 Å². The fourth-order valence-electron chi connectivity index (χ4n) is 4.59. The number of nitrogens with zero attached hydrogens (tertiary/aromatic N) is 3. The van der Waals surface area contributed by atoms with Crippen LogP contribution in [0.2, 0.25) is 10.0 Å². The van der Waals surface area contributed by atoms with Gasteiger partial charge < -0.3 is 15.4 Å². The van der Waals surface area contributed by atoms with Crippen LogP contribution in [-0.2, 0) is 4.74 Å². The lowest BCUT2D eigenvalue weighted by Crippen LogP contribution is -2.51. The first-order valence-electron chi connectivity index (χ1n) is 9.92. The molecule has 8 heteroatoms. The molecule has 2 fully saturated rings. The minimum atomic E-state index is -0.133. The first-order chi connectivity index (χ1) is 13.7. The molecule has 156 valence electrons. The van der Waals surface area contributed by atoms with E-state index in [1.54, 1.807) is 18.2 Å². The fourth-order valence-corrected chi connectivity index (χ4v) is 4.97. The summed E-state index contributed by atoms with van der Waals surface area (Å²) in [7, 11) is 0. The number of nitrogens with two attached hydrogens (primary N) is 1. The minimum Gasteiger partial charge on any atom is -0.376 e. The lowest BCUT2D eigenvalue weighted by molar-refractivity contribution is 0.0974. The van der Waals surface area contributed by atoms with Crippen LogP contribution in [0.5, 0.6) is 0 Å². The Balaban J connectivity index is 1.66. The summed E-state index contributed by atoms with van der Waals surface area (Å²) in [6.07, 6.45) is 1.96. The molecule has 0 saturated carbocycles. The van der Waals surface area contributed by atoms with Crippen LogP contribution in [0.15, 0.2) is 23.0 Å². The molecule has 1 aromatic heterocycles. The third kappa shape index (κ3) is 3.36. The zero-order chi connectivity index (χ0) is 20.9. The molecule has 29 heavy (non-hydrogen) atoms. The SMILES string of the molecule is Cc1c(N2CCC3(CC2)CO[C@@H](C)[C@H]3N)nc(C)n(-c2cccc(Cl)c2Cl)c1=O. The van der Waals surface area contributed by atoms with E-state index in [-0.39, 0.29) is 23.1 Å². The van der Waals surface area contributed by atoms with Crippen molar-refractivity contribution in [1.29, 1.82) is 0 Å². The number of aryl methyl sites for hydroxylation is 1. The van der Waals surface area contributed by atoms with Crippen molar-refractivity contribution in [2.45, 2.75) is 45.8 Å². The minimum absolute atomic E-state index is 0.0299. The standard InChI is InChI=1S/C21H26Cl2N4O2/c1-12-19(26-9-7-21(8-10-26)11-29-13(2)18(21)24)25-14(3)27(20(12)28)16-6-4-5-15(22)17(16)23/h4-6,13,18H,7-11,24H2,1-3H3/t13-,18+/m0/s1. The van der Waals surface area contributed by atoms with E-state index < -0.39 is 0 Å². The van der Waals surface area contributed by atoms with Crippen molar-refractivity contribution in [2.24, 2.45) is 11.1 Å². The number of anilines is 1. The molecule has 4 rings (SSSR count). The van der Waals surface area contributed by atoms with Gasteiger partial charge in [-0.2, -0.15) is 0 Å². The second-order valence-corrected chi connectivity index (χ2v) is 9.00. The summed E-state index contributed by atoms with van der Waals surface area (Å²) in [5.41, 5.74) is 7.47. The summed E-state index contributed by atoms with van der Waals surface area (Å²) < 4.78 is 7.34. The molecule has 2 N–H and O–H groups in total. The Bertz CT molecular complexity index is 999. The smallest absolute Gasteiger partial charge is 0.263 e. The highest BCUT2D eigenvalue weighted by molar-refractivity contribution is 6.43. The van der Waals surface area contributed by atoms with Gasteiger partial charge >= 0.3 is 0 Å². The van der Waals surface area contributed by atoms with Crippen molar-refractivity contribution in [3.63, 3.8) is 0 Å². The van der Waals surface area contributed by atoms with Gasteiger partial charge in [-0.25, -0.2) is 4.98 Å². The van der Waals surface area contributed by atoms with Crippen LogP contribution in [0.3, 0.4) is 0 Å². The molecule has 0 aliphatic carbocycles. The van der Waals surface area contributed by atoms with Gasteiger partial charge in [-0.15, -0.1) is 0 Å². The molecule has 1 aromatic carbocycles. The lowest BCUT2D eigenvalue weighted by Gasteiger charge is -2.42. The van der Waals surface area contributed by atoms with E-state index in [4.69, 9.17) is 38.7 Å². The Hall–Kier alpha value is -1.60. The van der Waals surface area contributed by atoms with Crippen LogP contribution in [0, 0.1) is 19.3 Å². The number of rotatable bonds is 2. The zero-order valence-electron chi connectivity index (χ0n) is 16.9. The number of benzene rings is 1. The predicted molar refractivity (Wildman–Crippen MR) is 117 cm³/mol. The number of ether oxygens (including phenoxy) is 1. The van der Waals surface area contributed by atoms with Gasteiger partial charge in [-0.05, 0) is 45.7 Å². The molecule has 0 unspecified atom stereocenters. The zero-order valence-corrected chi connectivity index (χ0v) is 18.4. The third-order valence-electron chi connectivity index (χ3n) is 6.53. The van der Waals surface area contributed by atoms with Crippen molar-refractivity contribution in [3.8, 4) is 5.69 Å². The summed E-state index contributed by atoms with van der Waals surface area (Å²) in [4.78, 5) is 20.2. The average molecular weight is 437 g/mol. The summed E-state index contributed by atoms with van der Waals surface area (Å²) in [5, 5.41) is 0.750. The Labute approximate surface area is 180 Å². The Morgan fingerprint density at radius 2 is 1.93 bits per heavy atom. The quantitative estimate of drug-likeness (QED) is 0.779. The summed E-state index contributed by atoms with van der Waals surface area (Å²) >= 11 is 12.5. The number of hydrogen-bond acceptors (Lipinski definition) is 5. The Morgan fingerprint density at radius 3 is 2.55 bits per heavy atom. The maximum atomic E-state index is 13.2. The van der Waals surface area contributed by atoms with Crippen LogP contribution in [0.4, 0.5) is 5.82 Å². The number of halogens is 2. The van der Waals surface area contributed by atoms with Gasteiger partial charge in [-0.1, -0.05) is 29.3 Å². The van der Waals surface area contributed by atoms with Gasteiger partial charge in [0, 0.05) is 24.5 Å². The molecule has 2 aliphatic rings. The van der Waals surface area contributed by atoms with Crippen LogP contribution >= 0.6 is 23.2 Å². The van der Waals surface area contributed by atoms with Crippen molar-refractivity contribution >= 4 is 29.0 Å². The monoisotopic (exact) mass is 436 g/mol. The topological polar surface area (TPSA) is 73.4 Å². The highest BCUT2D eigenvalue weighted by Gasteiger charge is 2.47. The summed E-state index contributed by atoms with van der Waals surface area (Å²) in [5.74, 6) is 1.31. The highest BCUT2D eigenvalue weighted by atomic mass is 35.5. The van der Waals surface area contributed by atoms with E-state index in [1.807, 2.05) is 20.8 Å². The van der Waals surface area contributed by atoms with Crippen LogP contribution in [0.1, 0.15) is 31.2 Å². The van der Waals surface area contributed by atoms with E-state index in [2.05, 4.69) is 4.90 Å². The summed E-state index contributed by atoms with van der Waals surface area (Å²) in [6, 6.07) is 5.30. The second kappa shape index (κ2) is 7.58. The summed E-state index contributed by atoms with van der Waals surface area (Å²) in [6.45, 7) is 7.99. The predicted octanol–water partition coefficient (Wildman–Crippen LogP) is 3.49. The third-order valence-corrected chi connectivity index (χ3v) is 7.34. The fraction of sp³-hybridized carbons (Fsp3) is 0.524. The molecule has 0 radical (unpaired) electrons. The molecular weight excluding hydrogens is 411 g/mol. The van der Waals surface area contributed by atoms with E-state index in [0.29, 0.717) is 33.7 Å². The second-order valence-electron chi connectivity index (χ2n) is 8.21. The van der Waals surface area contributed by atoms with Crippen molar-refractivity contribution in [3.05, 3.63) is 50.0 Å². The molecular formula is C21H26Cl2N4O2. The Kier molecular flexibility index (Phi) is 5.40. The number of hydrogen-bond donors (Lipinski definition) is 1. The van der Waals surface area contributed by atoms with Crippen molar-refractivity contribution in [1.82, 2.24) is 9.55 Å². The lowest BCUT2D eigenvalue weighted by atomic mass is 9.73. The van der Waals surface area contributed by atoms with E-state index >= 15 is 0 Å². The van der Waals surface area contributed by atoms with Crippen LogP contribution < -0.4 is 16.2 Å².